The van der Waals surface area contributed by atoms with Crippen LogP contribution in [-0.2, 0) is 14.3 Å². The summed E-state index contributed by atoms with van der Waals surface area (Å²) in [5.41, 5.74) is -0.462. The Kier molecular flexibility index (Phi) is 5.40. The van der Waals surface area contributed by atoms with Gasteiger partial charge in [0.05, 0.1) is 12.2 Å². The van der Waals surface area contributed by atoms with Gasteiger partial charge in [-0.2, -0.15) is 0 Å². The highest BCUT2D eigenvalue weighted by atomic mass is 16.6. The van der Waals surface area contributed by atoms with Crippen molar-refractivity contribution in [3.63, 3.8) is 0 Å². The highest BCUT2D eigenvalue weighted by molar-refractivity contribution is 5.87. The Labute approximate surface area is 105 Å². The normalized spacial score (nSPS) is 12.7. The van der Waals surface area contributed by atoms with Gasteiger partial charge in [0.1, 0.15) is 5.60 Å². The van der Waals surface area contributed by atoms with Crippen LogP contribution in [0.1, 0.15) is 48.5 Å². The molecule has 0 aromatic carbocycles. The zero-order chi connectivity index (χ0) is 13.9. The molecule has 0 spiro atoms. The number of esters is 1. The first-order valence-electron chi connectivity index (χ1n) is 6.01. The van der Waals surface area contributed by atoms with Crippen molar-refractivity contribution >= 4 is 5.97 Å². The average Bonchev–Trinajstić information content (AvgIpc) is 2.14. The molecule has 0 aliphatic carbocycles. The average molecular weight is 242 g/mol. The number of ether oxygens (including phenoxy) is 2. The molecule has 0 aromatic heterocycles. The summed E-state index contributed by atoms with van der Waals surface area (Å²) in [6.45, 7) is 17.5. The molecule has 0 aliphatic rings. The molecule has 17 heavy (non-hydrogen) atoms. The molecule has 3 heteroatoms. The Morgan fingerprint density at radius 1 is 1.24 bits per heavy atom. The number of hydrogen-bond donors (Lipinski definition) is 0. The van der Waals surface area contributed by atoms with Crippen molar-refractivity contribution in [3.8, 4) is 0 Å². The second kappa shape index (κ2) is 5.67. The van der Waals surface area contributed by atoms with Gasteiger partial charge in [-0.25, -0.2) is 4.79 Å². The molecule has 0 fully saturated rings. The van der Waals surface area contributed by atoms with E-state index < -0.39 is 5.60 Å². The van der Waals surface area contributed by atoms with Crippen molar-refractivity contribution in [1.29, 1.82) is 0 Å². The van der Waals surface area contributed by atoms with E-state index in [4.69, 9.17) is 9.47 Å². The van der Waals surface area contributed by atoms with Crippen molar-refractivity contribution < 1.29 is 14.3 Å². The maximum Gasteiger partial charge on any atom is 0.333 e. The van der Waals surface area contributed by atoms with Crippen LogP contribution in [-0.4, -0.2) is 23.8 Å². The largest absolute Gasteiger partial charge is 0.454 e. The molecule has 0 rings (SSSR count). The zero-order valence-electron chi connectivity index (χ0n) is 12.2. The van der Waals surface area contributed by atoms with Gasteiger partial charge >= 0.3 is 5.97 Å². The minimum Gasteiger partial charge on any atom is -0.454 e. The quantitative estimate of drug-likeness (QED) is 0.529. The van der Waals surface area contributed by atoms with Crippen LogP contribution in [0.15, 0.2) is 12.2 Å². The van der Waals surface area contributed by atoms with Gasteiger partial charge in [-0.1, -0.05) is 20.4 Å². The lowest BCUT2D eigenvalue weighted by Crippen LogP contribution is -2.40. The van der Waals surface area contributed by atoms with E-state index in [1.807, 2.05) is 27.7 Å². The van der Waals surface area contributed by atoms with Gasteiger partial charge in [-0.15, -0.1) is 0 Å². The topological polar surface area (TPSA) is 35.5 Å². The highest BCUT2D eigenvalue weighted by Crippen LogP contribution is 2.23. The Morgan fingerprint density at radius 2 is 1.71 bits per heavy atom. The molecular formula is C14H26O3. The number of carbonyl (C=O) groups is 1. The molecule has 0 radical (unpaired) electrons. The van der Waals surface area contributed by atoms with Crippen molar-refractivity contribution in [3.05, 3.63) is 12.2 Å². The standard InChI is InChI=1S/C14H26O3/c1-10(2)12(15)17-13(5,6)9-16-14(7,8)11(3)4/h11H,1,9H2,2-8H3. The molecule has 0 aromatic rings. The summed E-state index contributed by atoms with van der Waals surface area (Å²) < 4.78 is 11.1. The highest BCUT2D eigenvalue weighted by Gasteiger charge is 2.29. The fourth-order valence-corrected chi connectivity index (χ4v) is 0.894. The van der Waals surface area contributed by atoms with Crippen LogP contribution in [0, 0.1) is 5.92 Å². The van der Waals surface area contributed by atoms with Crippen LogP contribution in [0.5, 0.6) is 0 Å². The van der Waals surface area contributed by atoms with E-state index in [9.17, 15) is 4.79 Å². The second-order valence-electron chi connectivity index (χ2n) is 5.98. The number of rotatable bonds is 6. The van der Waals surface area contributed by atoms with Crippen LogP contribution >= 0.6 is 0 Å². The molecule has 0 N–H and O–H groups in total. The summed E-state index contributed by atoms with van der Waals surface area (Å²) in [6.07, 6.45) is 0. The van der Waals surface area contributed by atoms with E-state index in [1.54, 1.807) is 6.92 Å². The molecule has 0 aliphatic heterocycles. The number of hydrogen-bond acceptors (Lipinski definition) is 3. The van der Waals surface area contributed by atoms with Crippen molar-refractivity contribution in [2.45, 2.75) is 59.7 Å². The van der Waals surface area contributed by atoms with E-state index >= 15 is 0 Å². The first-order chi connectivity index (χ1) is 7.48. The summed E-state index contributed by atoms with van der Waals surface area (Å²) in [5, 5.41) is 0. The zero-order valence-corrected chi connectivity index (χ0v) is 12.2. The summed E-state index contributed by atoms with van der Waals surface area (Å²) in [5.74, 6) is 0.0242. The molecule has 0 saturated carbocycles. The first-order valence-corrected chi connectivity index (χ1v) is 6.01. The van der Waals surface area contributed by atoms with Crippen LogP contribution in [0.25, 0.3) is 0 Å². The van der Waals surface area contributed by atoms with Crippen LogP contribution in [0.2, 0.25) is 0 Å². The molecule has 0 heterocycles. The van der Waals surface area contributed by atoms with E-state index in [2.05, 4.69) is 20.4 Å². The molecule has 100 valence electrons. The van der Waals surface area contributed by atoms with Crippen molar-refractivity contribution in [2.24, 2.45) is 5.92 Å². The van der Waals surface area contributed by atoms with E-state index in [0.29, 0.717) is 18.1 Å². The smallest absolute Gasteiger partial charge is 0.333 e. The van der Waals surface area contributed by atoms with Gasteiger partial charge in [0.25, 0.3) is 0 Å². The van der Waals surface area contributed by atoms with Crippen LogP contribution in [0.3, 0.4) is 0 Å². The van der Waals surface area contributed by atoms with Gasteiger partial charge in [0.15, 0.2) is 0 Å². The van der Waals surface area contributed by atoms with E-state index in [1.165, 1.54) is 0 Å². The predicted molar refractivity (Wildman–Crippen MR) is 69.9 cm³/mol. The Bertz CT molecular complexity index is 288. The molecule has 3 nitrogen and oxygen atoms in total. The maximum absolute atomic E-state index is 11.4. The van der Waals surface area contributed by atoms with Crippen LogP contribution < -0.4 is 0 Å². The Balaban J connectivity index is 4.37. The summed E-state index contributed by atoms with van der Waals surface area (Å²) >= 11 is 0. The third-order valence-corrected chi connectivity index (χ3v) is 2.90. The summed E-state index contributed by atoms with van der Waals surface area (Å²) in [4.78, 5) is 11.4. The van der Waals surface area contributed by atoms with Crippen molar-refractivity contribution in [1.82, 2.24) is 0 Å². The lowest BCUT2D eigenvalue weighted by Gasteiger charge is -2.34. The summed E-state index contributed by atoms with van der Waals surface area (Å²) in [7, 11) is 0. The van der Waals surface area contributed by atoms with Crippen molar-refractivity contribution in [2.75, 3.05) is 6.61 Å². The monoisotopic (exact) mass is 242 g/mol. The lowest BCUT2D eigenvalue weighted by atomic mass is 9.94. The fourth-order valence-electron chi connectivity index (χ4n) is 0.894. The molecule has 0 unspecified atom stereocenters. The predicted octanol–water partition coefficient (Wildman–Crippen LogP) is 3.34. The minimum atomic E-state index is -0.637. The van der Waals surface area contributed by atoms with Gasteiger partial charge in [-0.05, 0) is 40.5 Å². The minimum absolute atomic E-state index is 0.229. The Hall–Kier alpha value is -0.830. The van der Waals surface area contributed by atoms with Gasteiger partial charge in [-0.3, -0.25) is 0 Å². The number of carbonyl (C=O) groups excluding carboxylic acids is 1. The molecule has 0 amide bonds. The molecule has 0 saturated heterocycles. The molecular weight excluding hydrogens is 216 g/mol. The second-order valence-corrected chi connectivity index (χ2v) is 5.98. The molecule has 0 atom stereocenters. The summed E-state index contributed by atoms with van der Waals surface area (Å²) in [6, 6.07) is 0. The lowest BCUT2D eigenvalue weighted by molar-refractivity contribution is -0.166. The fraction of sp³-hybridized carbons (Fsp3) is 0.786. The molecule has 0 bridgehead atoms. The van der Waals surface area contributed by atoms with Crippen LogP contribution in [0.4, 0.5) is 0 Å². The SMILES string of the molecule is C=C(C)C(=O)OC(C)(C)COC(C)(C)C(C)C. The van der Waals surface area contributed by atoms with Gasteiger partial charge < -0.3 is 9.47 Å². The van der Waals surface area contributed by atoms with Gasteiger partial charge in [0, 0.05) is 5.57 Å². The Morgan fingerprint density at radius 3 is 2.06 bits per heavy atom. The maximum atomic E-state index is 11.4. The third kappa shape index (κ3) is 5.87. The third-order valence-electron chi connectivity index (χ3n) is 2.90. The first kappa shape index (κ1) is 16.2. The van der Waals surface area contributed by atoms with Gasteiger partial charge in [0.2, 0.25) is 0 Å². The van der Waals surface area contributed by atoms with E-state index in [0.717, 1.165) is 0 Å². The van der Waals surface area contributed by atoms with E-state index in [-0.39, 0.29) is 11.6 Å².